The molecule has 2 unspecified atom stereocenters. The summed E-state index contributed by atoms with van der Waals surface area (Å²) in [7, 11) is 0. The number of imidazole rings is 2. The zero-order valence-electron chi connectivity index (χ0n) is 19.6. The second-order valence-corrected chi connectivity index (χ2v) is 8.37. The van der Waals surface area contributed by atoms with Crippen LogP contribution in [-0.4, -0.2) is 40.4 Å². The van der Waals surface area contributed by atoms with E-state index in [1.165, 1.54) is 0 Å². The maximum Gasteiger partial charge on any atom is 0.343 e. The van der Waals surface area contributed by atoms with Crippen LogP contribution in [0.25, 0.3) is 0 Å². The molecule has 0 saturated heterocycles. The molecule has 35 heavy (non-hydrogen) atoms. The molecule has 2 heterocycles. The van der Waals surface area contributed by atoms with Gasteiger partial charge in [0.2, 0.25) is 0 Å². The van der Waals surface area contributed by atoms with E-state index < -0.39 is 18.2 Å². The standard InChI is InChI=1S/C26H28N4O5/c1-17(32)24-27-7-9-29(24)14-19-11-20(16-31)13-22(12-19)35-26(34)23-6-4-3-5-21(23)15-30-10-8-28-25(30)18(2)33/h3-13,17-18,31-33H,14-16H2,1-2H3. The minimum atomic E-state index is -0.742. The Morgan fingerprint density at radius 1 is 0.914 bits per heavy atom. The highest BCUT2D eigenvalue weighted by Crippen LogP contribution is 2.23. The van der Waals surface area contributed by atoms with Crippen molar-refractivity contribution in [2.24, 2.45) is 0 Å². The first-order valence-corrected chi connectivity index (χ1v) is 11.3. The van der Waals surface area contributed by atoms with E-state index in [2.05, 4.69) is 9.97 Å². The van der Waals surface area contributed by atoms with Crippen LogP contribution in [0.4, 0.5) is 0 Å². The molecule has 0 aliphatic heterocycles. The first-order valence-electron chi connectivity index (χ1n) is 11.3. The number of nitrogens with zero attached hydrogens (tertiary/aromatic N) is 4. The third-order valence-corrected chi connectivity index (χ3v) is 5.59. The molecule has 0 aliphatic carbocycles. The van der Waals surface area contributed by atoms with Crippen LogP contribution in [0, 0.1) is 0 Å². The van der Waals surface area contributed by atoms with Crippen LogP contribution in [-0.2, 0) is 19.7 Å². The summed E-state index contributed by atoms with van der Waals surface area (Å²) in [6.07, 6.45) is 5.25. The predicted octanol–water partition coefficient (Wildman–Crippen LogP) is 2.99. The number of carbonyl (C=O) groups is 1. The monoisotopic (exact) mass is 476 g/mol. The molecular formula is C26H28N4O5. The molecule has 0 fully saturated rings. The highest BCUT2D eigenvalue weighted by Gasteiger charge is 2.17. The largest absolute Gasteiger partial charge is 0.423 e. The number of benzene rings is 2. The van der Waals surface area contributed by atoms with E-state index in [9.17, 15) is 20.1 Å². The Morgan fingerprint density at radius 2 is 1.51 bits per heavy atom. The van der Waals surface area contributed by atoms with Crippen molar-refractivity contribution >= 4 is 5.97 Å². The summed E-state index contributed by atoms with van der Waals surface area (Å²) in [5.74, 6) is 0.789. The van der Waals surface area contributed by atoms with Crippen molar-refractivity contribution in [2.75, 3.05) is 0 Å². The van der Waals surface area contributed by atoms with Gasteiger partial charge < -0.3 is 29.2 Å². The average Bonchev–Trinajstić information content (AvgIpc) is 3.49. The Morgan fingerprint density at radius 3 is 2.14 bits per heavy atom. The van der Waals surface area contributed by atoms with Gasteiger partial charge in [0.1, 0.15) is 29.6 Å². The van der Waals surface area contributed by atoms with E-state index in [0.717, 1.165) is 11.1 Å². The molecule has 0 radical (unpaired) electrons. The molecule has 0 aliphatic rings. The minimum absolute atomic E-state index is 0.217. The fourth-order valence-corrected chi connectivity index (χ4v) is 4.01. The molecule has 9 heteroatoms. The molecule has 4 rings (SSSR count). The van der Waals surface area contributed by atoms with Gasteiger partial charge in [-0.1, -0.05) is 24.3 Å². The Kier molecular flexibility index (Phi) is 7.40. The fraction of sp³-hybridized carbons (Fsp3) is 0.269. The van der Waals surface area contributed by atoms with Crippen molar-refractivity contribution in [3.05, 3.63) is 101 Å². The number of aliphatic hydroxyl groups is 3. The zero-order chi connectivity index (χ0) is 24.9. The van der Waals surface area contributed by atoms with Crippen LogP contribution < -0.4 is 4.74 Å². The van der Waals surface area contributed by atoms with Gasteiger partial charge in [-0.2, -0.15) is 0 Å². The number of hydrogen-bond donors (Lipinski definition) is 3. The second-order valence-electron chi connectivity index (χ2n) is 8.37. The summed E-state index contributed by atoms with van der Waals surface area (Å²) >= 11 is 0. The van der Waals surface area contributed by atoms with Gasteiger partial charge in [0.15, 0.2) is 0 Å². The summed E-state index contributed by atoms with van der Waals surface area (Å²) < 4.78 is 9.30. The first kappa shape index (κ1) is 24.3. The maximum atomic E-state index is 13.1. The number of ether oxygens (including phenoxy) is 1. The van der Waals surface area contributed by atoms with Crippen LogP contribution in [0.15, 0.2) is 67.3 Å². The van der Waals surface area contributed by atoms with Crippen molar-refractivity contribution < 1.29 is 24.9 Å². The summed E-state index contributed by atoms with van der Waals surface area (Å²) in [6, 6.07) is 12.3. The van der Waals surface area contributed by atoms with Gasteiger partial charge in [-0.05, 0) is 48.7 Å². The van der Waals surface area contributed by atoms with Crippen LogP contribution in [0.5, 0.6) is 5.75 Å². The van der Waals surface area contributed by atoms with E-state index in [-0.39, 0.29) is 6.61 Å². The van der Waals surface area contributed by atoms with Crippen molar-refractivity contribution in [3.8, 4) is 5.75 Å². The smallest absolute Gasteiger partial charge is 0.343 e. The summed E-state index contributed by atoms with van der Waals surface area (Å²) in [5, 5.41) is 29.6. The van der Waals surface area contributed by atoms with Gasteiger partial charge in [-0.25, -0.2) is 14.8 Å². The molecule has 4 aromatic rings. The van der Waals surface area contributed by atoms with Crippen LogP contribution in [0.2, 0.25) is 0 Å². The molecule has 0 spiro atoms. The highest BCUT2D eigenvalue weighted by atomic mass is 16.5. The second kappa shape index (κ2) is 10.6. The minimum Gasteiger partial charge on any atom is -0.423 e. The van der Waals surface area contributed by atoms with Gasteiger partial charge in [0.05, 0.1) is 12.2 Å². The molecule has 9 nitrogen and oxygen atoms in total. The van der Waals surface area contributed by atoms with Crippen molar-refractivity contribution in [1.82, 2.24) is 19.1 Å². The Labute approximate surface area is 202 Å². The lowest BCUT2D eigenvalue weighted by atomic mass is 10.1. The number of aromatic nitrogens is 4. The molecule has 3 N–H and O–H groups in total. The molecule has 0 saturated carbocycles. The van der Waals surface area contributed by atoms with Gasteiger partial charge >= 0.3 is 5.97 Å². The number of rotatable bonds is 9. The molecular weight excluding hydrogens is 448 g/mol. The molecule has 0 amide bonds. The van der Waals surface area contributed by atoms with Gasteiger partial charge in [0, 0.05) is 37.9 Å². The lowest BCUT2D eigenvalue weighted by molar-refractivity contribution is 0.0733. The fourth-order valence-electron chi connectivity index (χ4n) is 4.01. The van der Waals surface area contributed by atoms with Gasteiger partial charge in [0.25, 0.3) is 0 Å². The normalized spacial score (nSPS) is 12.9. The third-order valence-electron chi connectivity index (χ3n) is 5.59. The van der Waals surface area contributed by atoms with Crippen molar-refractivity contribution in [3.63, 3.8) is 0 Å². The Balaban J connectivity index is 1.58. The molecule has 182 valence electrons. The maximum absolute atomic E-state index is 13.1. The van der Waals surface area contributed by atoms with E-state index in [0.29, 0.717) is 41.6 Å². The lowest BCUT2D eigenvalue weighted by Gasteiger charge is -2.14. The average molecular weight is 477 g/mol. The Hall–Kier alpha value is -3.79. The quantitative estimate of drug-likeness (QED) is 0.251. The Bertz CT molecular complexity index is 1310. The summed E-state index contributed by atoms with van der Waals surface area (Å²) in [5.41, 5.74) is 2.49. The van der Waals surface area contributed by atoms with Crippen LogP contribution in [0.3, 0.4) is 0 Å². The molecule has 2 aromatic carbocycles. The SMILES string of the molecule is CC(O)c1nccn1Cc1cc(CO)cc(OC(=O)c2ccccc2Cn2ccnc2C(C)O)c1. The summed E-state index contributed by atoms with van der Waals surface area (Å²) in [4.78, 5) is 21.5. The number of hydrogen-bond acceptors (Lipinski definition) is 7. The number of carbonyl (C=O) groups excluding carboxylic acids is 1. The van der Waals surface area contributed by atoms with Crippen molar-refractivity contribution in [1.29, 1.82) is 0 Å². The number of esters is 1. The van der Waals surface area contributed by atoms with Crippen molar-refractivity contribution in [2.45, 2.75) is 45.8 Å². The molecule has 0 bridgehead atoms. The van der Waals surface area contributed by atoms with Gasteiger partial charge in [-0.15, -0.1) is 0 Å². The molecule has 2 aromatic heterocycles. The van der Waals surface area contributed by atoms with E-state index >= 15 is 0 Å². The van der Waals surface area contributed by atoms with Crippen LogP contribution in [0.1, 0.15) is 64.8 Å². The lowest BCUT2D eigenvalue weighted by Crippen LogP contribution is -2.15. The third kappa shape index (κ3) is 5.65. The zero-order valence-corrected chi connectivity index (χ0v) is 19.6. The topological polar surface area (TPSA) is 123 Å². The molecule has 2 atom stereocenters. The van der Waals surface area contributed by atoms with E-state index in [1.54, 1.807) is 72.0 Å². The predicted molar refractivity (Wildman–Crippen MR) is 128 cm³/mol. The number of aliphatic hydroxyl groups excluding tert-OH is 3. The van der Waals surface area contributed by atoms with Gasteiger partial charge in [-0.3, -0.25) is 0 Å². The first-order chi connectivity index (χ1) is 16.9. The van der Waals surface area contributed by atoms with E-state index in [1.807, 2.05) is 18.2 Å². The summed E-state index contributed by atoms with van der Waals surface area (Å²) in [6.45, 7) is 3.79. The highest BCUT2D eigenvalue weighted by molar-refractivity contribution is 5.92. The van der Waals surface area contributed by atoms with E-state index in [4.69, 9.17) is 4.74 Å². The van der Waals surface area contributed by atoms with Crippen LogP contribution >= 0.6 is 0 Å².